The number of aliphatic imine (C=N–C) groups is 1. The minimum absolute atomic E-state index is 0.267. The van der Waals surface area contributed by atoms with Gasteiger partial charge in [-0.1, -0.05) is 12.1 Å². The molecule has 0 atom stereocenters. The third kappa shape index (κ3) is 1.78. The first-order valence-corrected chi connectivity index (χ1v) is 6.80. The normalized spacial score (nSPS) is 18.6. The van der Waals surface area contributed by atoms with Crippen molar-refractivity contribution in [1.82, 2.24) is 14.7 Å². The maximum atomic E-state index is 11.8. The molecule has 0 saturated carbocycles. The second-order valence-corrected chi connectivity index (χ2v) is 5.45. The van der Waals surface area contributed by atoms with Crippen LogP contribution in [0.15, 0.2) is 46.5 Å². The summed E-state index contributed by atoms with van der Waals surface area (Å²) < 4.78 is 26.1. The molecule has 0 fully saturated rings. The number of imidazole rings is 1. The third-order valence-corrected chi connectivity index (χ3v) is 4.00. The van der Waals surface area contributed by atoms with E-state index in [-0.39, 0.29) is 4.90 Å². The first kappa shape index (κ1) is 11.0. The largest absolute Gasteiger partial charge is 0.347 e. The van der Waals surface area contributed by atoms with Crippen LogP contribution in [0.2, 0.25) is 0 Å². The summed E-state index contributed by atoms with van der Waals surface area (Å²) in [4.78, 5) is 11.4. The highest BCUT2D eigenvalue weighted by Crippen LogP contribution is 2.22. The van der Waals surface area contributed by atoms with Crippen LogP contribution in [0.3, 0.4) is 0 Å². The number of benzene rings is 1. The monoisotopic (exact) mass is 262 g/mol. The smallest absolute Gasteiger partial charge is 0.263 e. The molecule has 3 rings (SSSR count). The molecule has 2 N–H and O–H groups in total. The molecule has 0 amide bonds. The molecule has 0 unspecified atom stereocenters. The molecule has 1 aliphatic rings. The van der Waals surface area contributed by atoms with Gasteiger partial charge in [0.25, 0.3) is 10.0 Å². The van der Waals surface area contributed by atoms with Gasteiger partial charge in [-0.05, 0) is 12.1 Å². The molecule has 1 aromatic carbocycles. The molecule has 1 aliphatic heterocycles. The maximum absolute atomic E-state index is 11.8. The van der Waals surface area contributed by atoms with Crippen LogP contribution < -0.4 is 4.72 Å². The van der Waals surface area contributed by atoms with E-state index < -0.39 is 10.0 Å². The number of sulfonamides is 1. The highest BCUT2D eigenvalue weighted by atomic mass is 32.2. The molecule has 0 bridgehead atoms. The fourth-order valence-electron chi connectivity index (χ4n) is 1.79. The van der Waals surface area contributed by atoms with E-state index in [0.29, 0.717) is 23.8 Å². The van der Waals surface area contributed by atoms with E-state index in [0.717, 1.165) is 0 Å². The van der Waals surface area contributed by atoms with Gasteiger partial charge in [0, 0.05) is 18.0 Å². The quantitative estimate of drug-likeness (QED) is 0.833. The van der Waals surface area contributed by atoms with Crippen molar-refractivity contribution in [2.24, 2.45) is 4.99 Å². The molecular weight excluding hydrogens is 252 g/mol. The van der Waals surface area contributed by atoms with Gasteiger partial charge in [-0.25, -0.2) is 13.4 Å². The lowest BCUT2D eigenvalue weighted by molar-refractivity contribution is 0.595. The van der Waals surface area contributed by atoms with Crippen molar-refractivity contribution in [3.05, 3.63) is 48.0 Å². The van der Waals surface area contributed by atoms with Gasteiger partial charge in [0.05, 0.1) is 11.4 Å². The molecule has 6 nitrogen and oxygen atoms in total. The Morgan fingerprint density at radius 1 is 1.28 bits per heavy atom. The van der Waals surface area contributed by atoms with Crippen LogP contribution in [-0.2, 0) is 16.6 Å². The van der Waals surface area contributed by atoms with E-state index in [1.54, 1.807) is 36.7 Å². The highest BCUT2D eigenvalue weighted by Gasteiger charge is 2.29. The molecule has 0 aliphatic carbocycles. The van der Waals surface area contributed by atoms with Crippen molar-refractivity contribution < 1.29 is 8.42 Å². The molecule has 0 saturated heterocycles. The van der Waals surface area contributed by atoms with Gasteiger partial charge in [0.1, 0.15) is 11.7 Å². The van der Waals surface area contributed by atoms with Gasteiger partial charge < -0.3 is 4.98 Å². The number of nitrogens with zero attached hydrogens (tertiary/aromatic N) is 2. The van der Waals surface area contributed by atoms with E-state index in [4.69, 9.17) is 0 Å². The van der Waals surface area contributed by atoms with Crippen molar-refractivity contribution >= 4 is 15.9 Å². The standard InChI is InChI=1S/C11H10N4O2S/c16-18(17)9-4-2-1-3-8(9)11(15-18)14-7-10-12-5-6-13-10/h1-6H,7H2,(H,12,13)(H,14,15). The van der Waals surface area contributed by atoms with Crippen molar-refractivity contribution in [3.63, 3.8) is 0 Å². The van der Waals surface area contributed by atoms with Crippen molar-refractivity contribution in [2.75, 3.05) is 0 Å². The van der Waals surface area contributed by atoms with Crippen LogP contribution in [0.4, 0.5) is 0 Å². The summed E-state index contributed by atoms with van der Waals surface area (Å²) in [5.74, 6) is 1.05. The summed E-state index contributed by atoms with van der Waals surface area (Å²) in [6.07, 6.45) is 3.32. The Bertz CT molecular complexity index is 704. The SMILES string of the molecule is O=S1(=O)NC(=NCc2ncc[nH]2)c2ccccc21. The molecule has 2 aromatic rings. The van der Waals surface area contributed by atoms with Crippen LogP contribution in [0.1, 0.15) is 11.4 Å². The van der Waals surface area contributed by atoms with E-state index in [2.05, 4.69) is 19.7 Å². The van der Waals surface area contributed by atoms with Crippen LogP contribution in [-0.4, -0.2) is 24.2 Å². The Morgan fingerprint density at radius 2 is 2.11 bits per heavy atom. The van der Waals surface area contributed by atoms with Crippen molar-refractivity contribution in [2.45, 2.75) is 11.4 Å². The van der Waals surface area contributed by atoms with E-state index >= 15 is 0 Å². The summed E-state index contributed by atoms with van der Waals surface area (Å²) in [6, 6.07) is 6.76. The number of hydrogen-bond acceptors (Lipinski definition) is 4. The summed E-state index contributed by atoms with van der Waals surface area (Å²) in [5.41, 5.74) is 0.601. The zero-order valence-electron chi connectivity index (χ0n) is 9.29. The van der Waals surface area contributed by atoms with Crippen molar-refractivity contribution in [1.29, 1.82) is 0 Å². The lowest BCUT2D eigenvalue weighted by atomic mass is 10.2. The van der Waals surface area contributed by atoms with Crippen LogP contribution in [0.5, 0.6) is 0 Å². The number of nitrogens with one attached hydrogen (secondary N) is 2. The fourth-order valence-corrected chi connectivity index (χ4v) is 3.04. The van der Waals surface area contributed by atoms with Crippen molar-refractivity contribution in [3.8, 4) is 0 Å². The maximum Gasteiger partial charge on any atom is 0.263 e. The first-order valence-electron chi connectivity index (χ1n) is 5.32. The molecule has 0 spiro atoms. The number of fused-ring (bicyclic) bond motifs is 1. The second kappa shape index (κ2) is 3.95. The molecule has 92 valence electrons. The number of rotatable bonds is 2. The fraction of sp³-hybridized carbons (Fsp3) is 0.0909. The average Bonchev–Trinajstić information content (AvgIpc) is 2.95. The third-order valence-electron chi connectivity index (χ3n) is 2.60. The zero-order chi connectivity index (χ0) is 12.6. The summed E-state index contributed by atoms with van der Waals surface area (Å²) in [5, 5.41) is 0. The number of amidine groups is 1. The van der Waals surface area contributed by atoms with E-state index in [1.165, 1.54) is 0 Å². The number of hydrogen-bond donors (Lipinski definition) is 2. The number of aromatic nitrogens is 2. The topological polar surface area (TPSA) is 87.2 Å². The van der Waals surface area contributed by atoms with Crippen LogP contribution in [0, 0.1) is 0 Å². The number of H-pyrrole nitrogens is 1. The highest BCUT2D eigenvalue weighted by molar-refractivity contribution is 7.90. The van der Waals surface area contributed by atoms with E-state index in [9.17, 15) is 8.42 Å². The Kier molecular flexibility index (Phi) is 2.41. The van der Waals surface area contributed by atoms with Crippen LogP contribution >= 0.6 is 0 Å². The van der Waals surface area contributed by atoms with Gasteiger partial charge >= 0.3 is 0 Å². The molecule has 2 heterocycles. The summed E-state index contributed by atoms with van der Waals surface area (Å²) in [7, 11) is -3.46. The predicted octanol–water partition coefficient (Wildman–Crippen LogP) is 0.648. The Balaban J connectivity index is 1.99. The average molecular weight is 262 g/mol. The predicted molar refractivity (Wildman–Crippen MR) is 65.6 cm³/mol. The zero-order valence-corrected chi connectivity index (χ0v) is 10.1. The Labute approximate surface area is 104 Å². The summed E-state index contributed by atoms with van der Waals surface area (Å²) in [6.45, 7) is 0.305. The van der Waals surface area contributed by atoms with Gasteiger partial charge in [-0.3, -0.25) is 9.71 Å². The molecule has 18 heavy (non-hydrogen) atoms. The van der Waals surface area contributed by atoms with Gasteiger partial charge in [-0.2, -0.15) is 0 Å². The molecule has 7 heteroatoms. The molecule has 0 radical (unpaired) electrons. The Hall–Kier alpha value is -2.15. The Morgan fingerprint density at radius 3 is 2.89 bits per heavy atom. The van der Waals surface area contributed by atoms with Gasteiger partial charge in [0.15, 0.2) is 0 Å². The molecular formula is C11H10N4O2S. The first-order chi connectivity index (χ1) is 8.67. The van der Waals surface area contributed by atoms with E-state index in [1.807, 2.05) is 0 Å². The van der Waals surface area contributed by atoms with Gasteiger partial charge in [0.2, 0.25) is 0 Å². The lowest BCUT2D eigenvalue weighted by Crippen LogP contribution is -2.22. The minimum Gasteiger partial charge on any atom is -0.347 e. The van der Waals surface area contributed by atoms with Crippen LogP contribution in [0.25, 0.3) is 0 Å². The summed E-state index contributed by atoms with van der Waals surface area (Å²) >= 11 is 0. The minimum atomic E-state index is -3.46. The molecule has 1 aromatic heterocycles. The lowest BCUT2D eigenvalue weighted by Gasteiger charge is -1.97. The van der Waals surface area contributed by atoms with Gasteiger partial charge in [-0.15, -0.1) is 0 Å². The second-order valence-electron chi connectivity index (χ2n) is 3.80. The number of aromatic amines is 1.